The number of fused-ring (bicyclic) bond motifs is 1. The Labute approximate surface area is 182 Å². The van der Waals surface area contributed by atoms with Gasteiger partial charge >= 0.3 is 0 Å². The van der Waals surface area contributed by atoms with E-state index in [0.29, 0.717) is 36.7 Å². The van der Waals surface area contributed by atoms with E-state index < -0.39 is 0 Å². The molecule has 0 bridgehead atoms. The van der Waals surface area contributed by atoms with Crippen LogP contribution in [0.4, 0.5) is 17.5 Å². The minimum atomic E-state index is -0.318. The molecule has 162 valence electrons. The number of benzene rings is 1. The van der Waals surface area contributed by atoms with Crippen molar-refractivity contribution in [1.29, 1.82) is 5.26 Å². The van der Waals surface area contributed by atoms with E-state index in [2.05, 4.69) is 45.8 Å². The molecule has 1 aliphatic heterocycles. The van der Waals surface area contributed by atoms with Crippen molar-refractivity contribution in [2.45, 2.75) is 57.6 Å². The molecule has 2 heterocycles. The molecular formula is C23H28N6O2. The van der Waals surface area contributed by atoms with Crippen LogP contribution in [0.15, 0.2) is 30.5 Å². The first kappa shape index (κ1) is 21.1. The van der Waals surface area contributed by atoms with Gasteiger partial charge in [-0.05, 0) is 42.7 Å². The third kappa shape index (κ3) is 4.47. The van der Waals surface area contributed by atoms with E-state index in [0.717, 1.165) is 24.1 Å². The van der Waals surface area contributed by atoms with E-state index in [4.69, 9.17) is 0 Å². The molecule has 8 heteroatoms. The summed E-state index contributed by atoms with van der Waals surface area (Å²) in [7, 11) is 0. The van der Waals surface area contributed by atoms with Crippen molar-refractivity contribution >= 4 is 23.4 Å². The number of anilines is 3. The summed E-state index contributed by atoms with van der Waals surface area (Å²) >= 11 is 0. The van der Waals surface area contributed by atoms with Gasteiger partial charge in [-0.3, -0.25) is 4.79 Å². The lowest BCUT2D eigenvalue weighted by Gasteiger charge is -2.40. The monoisotopic (exact) mass is 420 g/mol. The van der Waals surface area contributed by atoms with Crippen molar-refractivity contribution in [3.05, 3.63) is 41.6 Å². The highest BCUT2D eigenvalue weighted by Gasteiger charge is 2.36. The fourth-order valence-corrected chi connectivity index (χ4v) is 4.49. The van der Waals surface area contributed by atoms with Gasteiger partial charge < -0.3 is 21.1 Å². The Morgan fingerprint density at radius 1 is 1.32 bits per heavy atom. The van der Waals surface area contributed by atoms with Gasteiger partial charge in [-0.1, -0.05) is 32.0 Å². The number of aliphatic hydroxyl groups is 1. The number of aromatic nitrogens is 2. The number of nitrogens with zero attached hydrogens (tertiary/aromatic N) is 3. The van der Waals surface area contributed by atoms with Crippen LogP contribution in [0.1, 0.15) is 56.6 Å². The topological polar surface area (TPSA) is 123 Å². The molecule has 31 heavy (non-hydrogen) atoms. The zero-order valence-corrected chi connectivity index (χ0v) is 17.9. The van der Waals surface area contributed by atoms with Crippen LogP contribution in [0.5, 0.6) is 0 Å². The molecule has 2 aliphatic rings. The lowest BCUT2D eigenvalue weighted by atomic mass is 9.73. The maximum absolute atomic E-state index is 12.3. The first-order valence-electron chi connectivity index (χ1n) is 10.7. The molecule has 1 aliphatic carbocycles. The van der Waals surface area contributed by atoms with Crippen molar-refractivity contribution in [3.63, 3.8) is 0 Å². The van der Waals surface area contributed by atoms with Crippen molar-refractivity contribution in [3.8, 4) is 6.07 Å². The number of amides is 1. The van der Waals surface area contributed by atoms with Gasteiger partial charge in [0, 0.05) is 18.3 Å². The van der Waals surface area contributed by atoms with Gasteiger partial charge in [-0.2, -0.15) is 10.2 Å². The fourth-order valence-electron chi connectivity index (χ4n) is 4.49. The number of para-hydroxylation sites is 1. The Bertz CT molecular complexity index is 1020. The molecule has 4 N–H and O–H groups in total. The van der Waals surface area contributed by atoms with E-state index in [9.17, 15) is 15.2 Å². The molecule has 0 radical (unpaired) electrons. The predicted molar refractivity (Wildman–Crippen MR) is 119 cm³/mol. The van der Waals surface area contributed by atoms with E-state index in [-0.39, 0.29) is 29.4 Å². The minimum Gasteiger partial charge on any atom is -0.393 e. The number of nitriles is 1. The smallest absolute Gasteiger partial charge is 0.232 e. The molecule has 1 unspecified atom stereocenters. The lowest BCUT2D eigenvalue weighted by molar-refractivity contribution is -0.117. The summed E-state index contributed by atoms with van der Waals surface area (Å²) in [6.07, 6.45) is 4.14. The van der Waals surface area contributed by atoms with Crippen LogP contribution in [-0.2, 0) is 4.79 Å². The quantitative estimate of drug-likeness (QED) is 0.566. The van der Waals surface area contributed by atoms with Crippen molar-refractivity contribution < 1.29 is 9.90 Å². The second kappa shape index (κ2) is 8.52. The summed E-state index contributed by atoms with van der Waals surface area (Å²) < 4.78 is 0. The van der Waals surface area contributed by atoms with E-state index in [1.54, 1.807) is 0 Å². The van der Waals surface area contributed by atoms with Crippen molar-refractivity contribution in [2.24, 2.45) is 5.41 Å². The summed E-state index contributed by atoms with van der Waals surface area (Å²) in [6.45, 7) is 4.64. The molecule has 1 amide bonds. The number of carbonyl (C=O) groups excluding carboxylic acids is 1. The van der Waals surface area contributed by atoms with Crippen LogP contribution in [0.2, 0.25) is 0 Å². The van der Waals surface area contributed by atoms with Crippen LogP contribution in [0.25, 0.3) is 0 Å². The Morgan fingerprint density at radius 2 is 2.13 bits per heavy atom. The molecular weight excluding hydrogens is 392 g/mol. The number of hydrogen-bond donors (Lipinski definition) is 4. The van der Waals surface area contributed by atoms with E-state index >= 15 is 0 Å². The third-order valence-corrected chi connectivity index (χ3v) is 6.34. The van der Waals surface area contributed by atoms with Gasteiger partial charge in [0.1, 0.15) is 17.5 Å². The molecule has 0 saturated heterocycles. The maximum atomic E-state index is 12.3. The SMILES string of the molecule is CC1(C)C[C@H](Nc2nc(NCCC3C(=O)Nc4ccccc43)ncc2C#N)CC[C@@H]1O. The number of hydrogen-bond acceptors (Lipinski definition) is 7. The van der Waals surface area contributed by atoms with Crippen LogP contribution in [0.3, 0.4) is 0 Å². The van der Waals surface area contributed by atoms with E-state index in [1.165, 1.54) is 6.20 Å². The Hall–Kier alpha value is -3.18. The third-order valence-electron chi connectivity index (χ3n) is 6.34. The average Bonchev–Trinajstić information content (AvgIpc) is 3.06. The number of aliphatic hydroxyl groups excluding tert-OH is 1. The largest absolute Gasteiger partial charge is 0.393 e. The van der Waals surface area contributed by atoms with Crippen LogP contribution >= 0.6 is 0 Å². The second-order valence-corrected chi connectivity index (χ2v) is 9.04. The van der Waals surface area contributed by atoms with Crippen LogP contribution in [-0.4, -0.2) is 39.7 Å². The van der Waals surface area contributed by atoms with Crippen molar-refractivity contribution in [2.75, 3.05) is 22.5 Å². The van der Waals surface area contributed by atoms with Crippen LogP contribution < -0.4 is 16.0 Å². The number of nitrogens with one attached hydrogen (secondary N) is 3. The van der Waals surface area contributed by atoms with Gasteiger partial charge in [-0.15, -0.1) is 0 Å². The molecule has 1 aromatic carbocycles. The minimum absolute atomic E-state index is 0.00760. The van der Waals surface area contributed by atoms with Crippen LogP contribution in [0, 0.1) is 16.7 Å². The standard InChI is InChI=1S/C23H28N6O2/c1-23(2)11-15(7-8-19(23)30)27-20-14(12-24)13-26-22(29-20)25-10-9-17-16-5-3-4-6-18(16)28-21(17)31/h3-6,13,15,17,19,30H,7-11H2,1-2H3,(H,28,31)(H2,25,26,27,29)/t15-,17?,19+/m1/s1. The maximum Gasteiger partial charge on any atom is 0.232 e. The van der Waals surface area contributed by atoms with E-state index in [1.807, 2.05) is 24.3 Å². The molecule has 3 atom stereocenters. The number of carbonyl (C=O) groups is 1. The van der Waals surface area contributed by atoms with Gasteiger partial charge in [0.15, 0.2) is 0 Å². The van der Waals surface area contributed by atoms with Crippen molar-refractivity contribution in [1.82, 2.24) is 9.97 Å². The number of rotatable bonds is 6. The van der Waals surface area contributed by atoms with Gasteiger partial charge in [0.05, 0.1) is 18.2 Å². The first-order valence-corrected chi connectivity index (χ1v) is 10.7. The lowest BCUT2D eigenvalue weighted by Crippen LogP contribution is -2.41. The molecule has 1 fully saturated rings. The highest BCUT2D eigenvalue weighted by Crippen LogP contribution is 2.37. The van der Waals surface area contributed by atoms with Gasteiger partial charge in [-0.25, -0.2) is 4.98 Å². The molecule has 2 aromatic rings. The first-order chi connectivity index (χ1) is 14.9. The summed E-state index contributed by atoms with van der Waals surface area (Å²) in [5, 5.41) is 29.1. The average molecular weight is 421 g/mol. The molecule has 1 aromatic heterocycles. The zero-order valence-electron chi connectivity index (χ0n) is 17.9. The summed E-state index contributed by atoms with van der Waals surface area (Å²) in [5.74, 6) is 0.730. The molecule has 8 nitrogen and oxygen atoms in total. The molecule has 1 saturated carbocycles. The normalized spacial score (nSPS) is 24.1. The highest BCUT2D eigenvalue weighted by molar-refractivity contribution is 6.02. The predicted octanol–water partition coefficient (Wildman–Crippen LogP) is 3.24. The Kier molecular flexibility index (Phi) is 5.79. The zero-order chi connectivity index (χ0) is 22.0. The summed E-state index contributed by atoms with van der Waals surface area (Å²) in [6, 6.07) is 10.0. The molecule has 4 rings (SSSR count). The molecule has 0 spiro atoms. The van der Waals surface area contributed by atoms with Gasteiger partial charge in [0.25, 0.3) is 0 Å². The summed E-state index contributed by atoms with van der Waals surface area (Å²) in [4.78, 5) is 21.0. The Morgan fingerprint density at radius 3 is 2.90 bits per heavy atom. The second-order valence-electron chi connectivity index (χ2n) is 9.04. The summed E-state index contributed by atoms with van der Waals surface area (Å²) in [5.41, 5.74) is 2.09. The Balaban J connectivity index is 1.40. The highest BCUT2D eigenvalue weighted by atomic mass is 16.3. The fraction of sp³-hybridized carbons (Fsp3) is 0.478. The van der Waals surface area contributed by atoms with Gasteiger partial charge in [0.2, 0.25) is 11.9 Å².